The lowest BCUT2D eigenvalue weighted by molar-refractivity contribution is 0.836. The van der Waals surface area contributed by atoms with E-state index in [4.69, 9.17) is 5.26 Å². The van der Waals surface area contributed by atoms with Gasteiger partial charge >= 0.3 is 0 Å². The van der Waals surface area contributed by atoms with Gasteiger partial charge < -0.3 is 4.98 Å². The first-order valence-electron chi connectivity index (χ1n) is 4.74. The van der Waals surface area contributed by atoms with Crippen LogP contribution in [0.25, 0.3) is 10.9 Å². The molecule has 0 spiro atoms. The Kier molecular flexibility index (Phi) is 2.01. The lowest BCUT2D eigenvalue weighted by atomic mass is 10.1. The Morgan fingerprint density at radius 1 is 1.36 bits per heavy atom. The van der Waals surface area contributed by atoms with E-state index in [1.807, 2.05) is 18.2 Å². The van der Waals surface area contributed by atoms with E-state index in [-0.39, 0.29) is 0 Å². The van der Waals surface area contributed by atoms with Gasteiger partial charge in [0.15, 0.2) is 0 Å². The summed E-state index contributed by atoms with van der Waals surface area (Å²) in [6, 6.07) is 10.1. The third kappa shape index (κ3) is 1.27. The molecule has 2 rings (SSSR count). The molecule has 70 valence electrons. The molecule has 0 aliphatic carbocycles. The Morgan fingerprint density at radius 3 is 2.79 bits per heavy atom. The molecule has 0 unspecified atom stereocenters. The quantitative estimate of drug-likeness (QED) is 0.726. The SMILES string of the molecule is CC(C)c1cc2cccc(C#N)c2[nH]1. The first-order chi connectivity index (χ1) is 6.72. The highest BCUT2D eigenvalue weighted by atomic mass is 14.7. The molecule has 2 aromatic rings. The van der Waals surface area contributed by atoms with Crippen LogP contribution >= 0.6 is 0 Å². The number of para-hydroxylation sites is 1. The Morgan fingerprint density at radius 2 is 2.14 bits per heavy atom. The van der Waals surface area contributed by atoms with Crippen LogP contribution in [-0.4, -0.2) is 4.98 Å². The molecular formula is C12H12N2. The second-order valence-electron chi connectivity index (χ2n) is 3.76. The summed E-state index contributed by atoms with van der Waals surface area (Å²) in [5.74, 6) is 0.467. The van der Waals surface area contributed by atoms with Gasteiger partial charge in [0.05, 0.1) is 11.1 Å². The van der Waals surface area contributed by atoms with Crippen LogP contribution in [0.3, 0.4) is 0 Å². The molecule has 2 nitrogen and oxygen atoms in total. The van der Waals surface area contributed by atoms with E-state index in [2.05, 4.69) is 31.0 Å². The minimum atomic E-state index is 0.467. The number of hydrogen-bond acceptors (Lipinski definition) is 1. The number of H-pyrrole nitrogens is 1. The second kappa shape index (κ2) is 3.19. The van der Waals surface area contributed by atoms with Crippen LogP contribution in [0, 0.1) is 11.3 Å². The minimum absolute atomic E-state index is 0.467. The molecule has 0 bridgehead atoms. The molecule has 0 atom stereocenters. The molecule has 0 amide bonds. The van der Waals surface area contributed by atoms with Crippen molar-refractivity contribution in [2.75, 3.05) is 0 Å². The summed E-state index contributed by atoms with van der Waals surface area (Å²) in [5.41, 5.74) is 2.86. The molecule has 0 saturated carbocycles. The Labute approximate surface area is 83.2 Å². The fourth-order valence-corrected chi connectivity index (χ4v) is 1.58. The maximum Gasteiger partial charge on any atom is 0.101 e. The summed E-state index contributed by atoms with van der Waals surface area (Å²) in [6.45, 7) is 4.27. The highest BCUT2D eigenvalue weighted by Crippen LogP contribution is 2.23. The molecule has 1 aromatic carbocycles. The van der Waals surface area contributed by atoms with Crippen molar-refractivity contribution in [3.8, 4) is 6.07 Å². The van der Waals surface area contributed by atoms with E-state index in [0.717, 1.165) is 16.5 Å². The van der Waals surface area contributed by atoms with Crippen LogP contribution in [0.5, 0.6) is 0 Å². The summed E-state index contributed by atoms with van der Waals surface area (Å²) in [7, 11) is 0. The van der Waals surface area contributed by atoms with Crippen LogP contribution in [0.2, 0.25) is 0 Å². The van der Waals surface area contributed by atoms with Crippen LogP contribution in [0.4, 0.5) is 0 Å². The average molecular weight is 184 g/mol. The first-order valence-corrected chi connectivity index (χ1v) is 4.74. The Balaban J connectivity index is 2.72. The normalized spacial score (nSPS) is 10.7. The second-order valence-corrected chi connectivity index (χ2v) is 3.76. The van der Waals surface area contributed by atoms with E-state index in [0.29, 0.717) is 5.92 Å². The minimum Gasteiger partial charge on any atom is -0.357 e. The van der Waals surface area contributed by atoms with E-state index in [1.165, 1.54) is 5.69 Å². The fourth-order valence-electron chi connectivity index (χ4n) is 1.58. The molecule has 1 heterocycles. The van der Waals surface area contributed by atoms with Crippen LogP contribution in [-0.2, 0) is 0 Å². The van der Waals surface area contributed by atoms with Crippen molar-refractivity contribution >= 4 is 10.9 Å². The molecular weight excluding hydrogens is 172 g/mol. The van der Waals surface area contributed by atoms with Gasteiger partial charge in [-0.15, -0.1) is 0 Å². The van der Waals surface area contributed by atoms with Crippen molar-refractivity contribution in [2.24, 2.45) is 0 Å². The van der Waals surface area contributed by atoms with Crippen LogP contribution in [0.15, 0.2) is 24.3 Å². The maximum absolute atomic E-state index is 8.91. The third-order valence-electron chi connectivity index (χ3n) is 2.42. The molecule has 0 fully saturated rings. The van der Waals surface area contributed by atoms with Crippen molar-refractivity contribution < 1.29 is 0 Å². The number of nitrogens with one attached hydrogen (secondary N) is 1. The number of benzene rings is 1. The van der Waals surface area contributed by atoms with Gasteiger partial charge in [0.2, 0.25) is 0 Å². The highest BCUT2D eigenvalue weighted by Gasteiger charge is 2.06. The van der Waals surface area contributed by atoms with Gasteiger partial charge in [-0.05, 0) is 18.1 Å². The standard InChI is InChI=1S/C12H12N2/c1-8(2)11-6-9-4-3-5-10(7-13)12(9)14-11/h3-6,8,14H,1-2H3. The number of nitriles is 1. The molecule has 1 aromatic heterocycles. The summed E-state index contributed by atoms with van der Waals surface area (Å²) in [4.78, 5) is 3.29. The smallest absolute Gasteiger partial charge is 0.101 e. The molecule has 1 N–H and O–H groups in total. The van der Waals surface area contributed by atoms with Crippen LogP contribution in [0.1, 0.15) is 31.0 Å². The molecule has 0 aliphatic rings. The van der Waals surface area contributed by atoms with Crippen LogP contribution < -0.4 is 0 Å². The van der Waals surface area contributed by atoms with Crippen molar-refractivity contribution in [3.63, 3.8) is 0 Å². The predicted octanol–water partition coefficient (Wildman–Crippen LogP) is 3.16. The number of hydrogen-bond donors (Lipinski definition) is 1. The van der Waals surface area contributed by atoms with Gasteiger partial charge in [-0.2, -0.15) is 5.26 Å². The maximum atomic E-state index is 8.91. The molecule has 2 heteroatoms. The lowest BCUT2D eigenvalue weighted by Crippen LogP contribution is -1.85. The van der Waals surface area contributed by atoms with Gasteiger partial charge in [0.1, 0.15) is 6.07 Å². The first kappa shape index (κ1) is 8.83. The van der Waals surface area contributed by atoms with Crippen molar-refractivity contribution in [1.82, 2.24) is 4.98 Å². The average Bonchev–Trinajstić information content (AvgIpc) is 2.60. The number of nitrogens with zero attached hydrogens (tertiary/aromatic N) is 1. The summed E-state index contributed by atoms with van der Waals surface area (Å²) < 4.78 is 0. The van der Waals surface area contributed by atoms with Gasteiger partial charge in [0.25, 0.3) is 0 Å². The molecule has 0 aliphatic heterocycles. The van der Waals surface area contributed by atoms with Crippen molar-refractivity contribution in [1.29, 1.82) is 5.26 Å². The zero-order valence-corrected chi connectivity index (χ0v) is 8.33. The van der Waals surface area contributed by atoms with E-state index in [9.17, 15) is 0 Å². The number of aromatic amines is 1. The number of fused-ring (bicyclic) bond motifs is 1. The van der Waals surface area contributed by atoms with Gasteiger partial charge in [0, 0.05) is 11.1 Å². The third-order valence-corrected chi connectivity index (χ3v) is 2.42. The highest BCUT2D eigenvalue weighted by molar-refractivity contribution is 5.85. The largest absolute Gasteiger partial charge is 0.357 e. The zero-order chi connectivity index (χ0) is 10.1. The fraction of sp³-hybridized carbons (Fsp3) is 0.250. The topological polar surface area (TPSA) is 39.6 Å². The van der Waals surface area contributed by atoms with Gasteiger partial charge in [-0.3, -0.25) is 0 Å². The van der Waals surface area contributed by atoms with E-state index in [1.54, 1.807) is 0 Å². The van der Waals surface area contributed by atoms with Gasteiger partial charge in [-0.1, -0.05) is 26.0 Å². The van der Waals surface area contributed by atoms with E-state index >= 15 is 0 Å². The van der Waals surface area contributed by atoms with Crippen molar-refractivity contribution in [2.45, 2.75) is 19.8 Å². The summed E-state index contributed by atoms with van der Waals surface area (Å²) >= 11 is 0. The number of rotatable bonds is 1. The Hall–Kier alpha value is -1.75. The summed E-state index contributed by atoms with van der Waals surface area (Å²) in [6.07, 6.45) is 0. The zero-order valence-electron chi connectivity index (χ0n) is 8.33. The Bertz CT molecular complexity index is 501. The monoisotopic (exact) mass is 184 g/mol. The predicted molar refractivity (Wildman–Crippen MR) is 57.1 cm³/mol. The number of aromatic nitrogens is 1. The molecule has 0 radical (unpaired) electrons. The van der Waals surface area contributed by atoms with Gasteiger partial charge in [-0.25, -0.2) is 0 Å². The lowest BCUT2D eigenvalue weighted by Gasteiger charge is -1.98. The molecule has 14 heavy (non-hydrogen) atoms. The van der Waals surface area contributed by atoms with Crippen molar-refractivity contribution in [3.05, 3.63) is 35.5 Å². The summed E-state index contributed by atoms with van der Waals surface area (Å²) in [5, 5.41) is 10.0. The van der Waals surface area contributed by atoms with E-state index < -0.39 is 0 Å². The molecule has 0 saturated heterocycles.